The van der Waals surface area contributed by atoms with Gasteiger partial charge in [-0.2, -0.15) is 0 Å². The van der Waals surface area contributed by atoms with E-state index >= 15 is 0 Å². The van der Waals surface area contributed by atoms with Crippen LogP contribution in [0, 0.1) is 0 Å². The number of imidazole rings is 1. The van der Waals surface area contributed by atoms with Gasteiger partial charge in [0.15, 0.2) is 5.82 Å². The molecule has 0 aliphatic heterocycles. The zero-order valence-corrected chi connectivity index (χ0v) is 22.6. The number of rotatable bonds is 8. The van der Waals surface area contributed by atoms with Gasteiger partial charge < -0.3 is 10.1 Å². The summed E-state index contributed by atoms with van der Waals surface area (Å²) in [5, 5.41) is 6.68. The Morgan fingerprint density at radius 3 is 2.11 bits per heavy atom. The van der Waals surface area contributed by atoms with E-state index in [1.807, 2.05) is 65.2 Å². The van der Waals surface area contributed by atoms with Crippen molar-refractivity contribution in [3.05, 3.63) is 88.9 Å². The van der Waals surface area contributed by atoms with Crippen molar-refractivity contribution < 1.29 is 9.53 Å². The molecule has 6 nitrogen and oxygen atoms in total. The highest BCUT2D eigenvalue weighted by Crippen LogP contribution is 2.38. The molecule has 0 saturated heterocycles. The molecule has 0 bridgehead atoms. The van der Waals surface area contributed by atoms with Crippen molar-refractivity contribution in [1.29, 1.82) is 0 Å². The molecule has 4 aromatic rings. The van der Waals surface area contributed by atoms with Gasteiger partial charge in [0.2, 0.25) is 0 Å². The van der Waals surface area contributed by atoms with Crippen molar-refractivity contribution in [2.45, 2.75) is 46.3 Å². The first-order valence-electron chi connectivity index (χ1n) is 12.4. The average Bonchev–Trinajstić information content (AvgIpc) is 3.22. The first-order chi connectivity index (χ1) is 17.8. The summed E-state index contributed by atoms with van der Waals surface area (Å²) in [5.41, 5.74) is 5.32. The van der Waals surface area contributed by atoms with E-state index in [2.05, 4.69) is 50.5 Å². The molecule has 0 aliphatic rings. The molecule has 0 atom stereocenters. The van der Waals surface area contributed by atoms with E-state index < -0.39 is 0 Å². The Bertz CT molecular complexity index is 1350. The maximum Gasteiger partial charge on any atom is 0.324 e. The molecule has 2 amide bonds. The number of halogens is 1. The number of ether oxygens (including phenoxy) is 1. The van der Waals surface area contributed by atoms with Crippen LogP contribution < -0.4 is 10.6 Å². The van der Waals surface area contributed by atoms with Crippen LogP contribution in [0.15, 0.2) is 72.8 Å². The Labute approximate surface area is 223 Å². The topological polar surface area (TPSA) is 68.2 Å². The smallest absolute Gasteiger partial charge is 0.324 e. The number of aromatic nitrogens is 2. The molecular formula is C30H33ClN4O2. The minimum Gasteiger partial charge on any atom is -0.364 e. The van der Waals surface area contributed by atoms with Gasteiger partial charge in [-0.3, -0.25) is 9.88 Å². The van der Waals surface area contributed by atoms with E-state index in [9.17, 15) is 4.79 Å². The van der Waals surface area contributed by atoms with E-state index in [1.54, 1.807) is 7.11 Å². The lowest BCUT2D eigenvalue weighted by Gasteiger charge is -2.20. The number of nitrogens with zero attached hydrogens (tertiary/aromatic N) is 2. The van der Waals surface area contributed by atoms with Gasteiger partial charge in [0, 0.05) is 23.9 Å². The Hall–Kier alpha value is -3.61. The first-order valence-corrected chi connectivity index (χ1v) is 12.8. The van der Waals surface area contributed by atoms with Gasteiger partial charge in [0.1, 0.15) is 12.6 Å². The molecule has 0 radical (unpaired) electrons. The molecular weight excluding hydrogens is 484 g/mol. The molecule has 1 aromatic heterocycles. The maximum absolute atomic E-state index is 13.5. The third-order valence-electron chi connectivity index (χ3n) is 6.23. The zero-order chi connectivity index (χ0) is 26.5. The quantitative estimate of drug-likeness (QED) is 0.247. The number of carbonyl (C=O) groups is 1. The third kappa shape index (κ3) is 5.71. The van der Waals surface area contributed by atoms with Crippen molar-refractivity contribution in [3.8, 4) is 22.6 Å². The van der Waals surface area contributed by atoms with Crippen LogP contribution in [0.1, 0.15) is 50.7 Å². The maximum atomic E-state index is 13.5. The summed E-state index contributed by atoms with van der Waals surface area (Å²) in [5.74, 6) is 1.56. The first kappa shape index (κ1) is 26.5. The van der Waals surface area contributed by atoms with E-state index in [1.165, 1.54) is 0 Å². The fourth-order valence-corrected chi connectivity index (χ4v) is 4.70. The van der Waals surface area contributed by atoms with Crippen LogP contribution in [0.5, 0.6) is 0 Å². The molecule has 1 heterocycles. The van der Waals surface area contributed by atoms with Crippen LogP contribution >= 0.6 is 11.6 Å². The summed E-state index contributed by atoms with van der Waals surface area (Å²) in [6.45, 7) is 8.72. The Balaban J connectivity index is 1.81. The molecule has 192 valence electrons. The van der Waals surface area contributed by atoms with Gasteiger partial charge in [-0.15, -0.1) is 0 Å². The van der Waals surface area contributed by atoms with Crippen LogP contribution in [0.2, 0.25) is 5.02 Å². The Kier molecular flexibility index (Phi) is 8.31. The highest BCUT2D eigenvalue weighted by Gasteiger charge is 2.24. The number of hydrogen-bond acceptors (Lipinski definition) is 3. The number of carbonyl (C=O) groups excluding carboxylic acids is 1. The van der Waals surface area contributed by atoms with E-state index in [0.717, 1.165) is 27.9 Å². The van der Waals surface area contributed by atoms with E-state index in [4.69, 9.17) is 21.3 Å². The van der Waals surface area contributed by atoms with E-state index in [0.29, 0.717) is 22.4 Å². The fourth-order valence-electron chi connectivity index (χ4n) is 4.48. The average molecular weight is 517 g/mol. The van der Waals surface area contributed by atoms with Crippen molar-refractivity contribution in [2.75, 3.05) is 17.7 Å². The molecule has 0 fully saturated rings. The predicted molar refractivity (Wildman–Crippen MR) is 152 cm³/mol. The lowest BCUT2D eigenvalue weighted by atomic mass is 9.93. The fraction of sp³-hybridized carbons (Fsp3) is 0.267. The summed E-state index contributed by atoms with van der Waals surface area (Å²) < 4.78 is 7.47. The van der Waals surface area contributed by atoms with E-state index in [-0.39, 0.29) is 24.6 Å². The molecule has 2 N–H and O–H groups in total. The van der Waals surface area contributed by atoms with Crippen molar-refractivity contribution in [3.63, 3.8) is 0 Å². The molecule has 0 spiro atoms. The number of nitrogens with one attached hydrogen (secondary N) is 2. The zero-order valence-electron chi connectivity index (χ0n) is 21.9. The van der Waals surface area contributed by atoms with Gasteiger partial charge in [-0.1, -0.05) is 106 Å². The van der Waals surface area contributed by atoms with Crippen molar-refractivity contribution >= 4 is 29.1 Å². The molecule has 4 rings (SSSR count). The Morgan fingerprint density at radius 2 is 1.51 bits per heavy atom. The standard InChI is InChI=1S/C30H33ClN4O2/c1-19(2)22-15-11-16-23(20(3)4)26(22)32-30(36)34-28-27(24-14-9-10-17-25(24)31)35(18-37-5)29(33-28)21-12-7-6-8-13-21/h6-17,19-20H,18H2,1-5H3,(H2,32,34,36). The van der Waals surface area contributed by atoms with Gasteiger partial charge in [-0.05, 0) is 29.0 Å². The van der Waals surface area contributed by atoms with Crippen LogP contribution in [0.25, 0.3) is 22.6 Å². The summed E-state index contributed by atoms with van der Waals surface area (Å²) in [7, 11) is 1.63. The van der Waals surface area contributed by atoms with Gasteiger partial charge in [0.25, 0.3) is 0 Å². The number of benzene rings is 3. The number of amides is 2. The molecule has 0 unspecified atom stereocenters. The molecule has 37 heavy (non-hydrogen) atoms. The van der Waals surface area contributed by atoms with Crippen LogP contribution in [-0.2, 0) is 11.5 Å². The van der Waals surface area contributed by atoms with Gasteiger partial charge in [-0.25, -0.2) is 9.78 Å². The molecule has 3 aromatic carbocycles. The minimum absolute atomic E-state index is 0.231. The predicted octanol–water partition coefficient (Wildman–Crippen LogP) is 8.37. The van der Waals surface area contributed by atoms with Crippen molar-refractivity contribution in [1.82, 2.24) is 9.55 Å². The minimum atomic E-state index is -0.370. The molecule has 0 aliphatic carbocycles. The van der Waals surface area contributed by atoms with Gasteiger partial charge in [0.05, 0.1) is 10.7 Å². The second-order valence-electron chi connectivity index (χ2n) is 9.52. The normalized spacial score (nSPS) is 11.2. The SMILES string of the molecule is COCn1c(-c2ccccc2)nc(NC(=O)Nc2c(C(C)C)cccc2C(C)C)c1-c1ccccc1Cl. The largest absolute Gasteiger partial charge is 0.364 e. The number of methoxy groups -OCH3 is 1. The van der Waals surface area contributed by atoms with Crippen LogP contribution in [-0.4, -0.2) is 22.7 Å². The molecule has 7 heteroatoms. The lowest BCUT2D eigenvalue weighted by molar-refractivity contribution is 0.133. The highest BCUT2D eigenvalue weighted by molar-refractivity contribution is 6.33. The lowest BCUT2D eigenvalue weighted by Crippen LogP contribution is -2.22. The third-order valence-corrected chi connectivity index (χ3v) is 6.56. The molecule has 0 saturated carbocycles. The Morgan fingerprint density at radius 1 is 0.892 bits per heavy atom. The van der Waals surface area contributed by atoms with Crippen LogP contribution in [0.4, 0.5) is 16.3 Å². The number of anilines is 2. The number of hydrogen-bond donors (Lipinski definition) is 2. The van der Waals surface area contributed by atoms with Crippen molar-refractivity contribution in [2.24, 2.45) is 0 Å². The summed E-state index contributed by atoms with van der Waals surface area (Å²) in [4.78, 5) is 18.3. The summed E-state index contributed by atoms with van der Waals surface area (Å²) >= 11 is 6.63. The second kappa shape index (κ2) is 11.6. The summed E-state index contributed by atoms with van der Waals surface area (Å²) in [6, 6.07) is 23.1. The monoisotopic (exact) mass is 516 g/mol. The van der Waals surface area contributed by atoms with Gasteiger partial charge >= 0.3 is 6.03 Å². The second-order valence-corrected chi connectivity index (χ2v) is 9.93. The number of urea groups is 1. The number of para-hydroxylation sites is 1. The summed E-state index contributed by atoms with van der Waals surface area (Å²) in [6.07, 6.45) is 0. The highest BCUT2D eigenvalue weighted by atomic mass is 35.5. The van der Waals surface area contributed by atoms with Crippen LogP contribution in [0.3, 0.4) is 0 Å².